The van der Waals surface area contributed by atoms with Gasteiger partial charge in [0, 0.05) is 30.7 Å². The van der Waals surface area contributed by atoms with Crippen LogP contribution in [0.3, 0.4) is 0 Å². The number of rotatable bonds is 4. The van der Waals surface area contributed by atoms with Gasteiger partial charge in [0.05, 0.1) is 0 Å². The predicted molar refractivity (Wildman–Crippen MR) is 109 cm³/mol. The minimum absolute atomic E-state index is 0.120. The van der Waals surface area contributed by atoms with E-state index in [9.17, 15) is 4.79 Å². The van der Waals surface area contributed by atoms with E-state index in [1.165, 1.54) is 71.0 Å². The highest BCUT2D eigenvalue weighted by molar-refractivity contribution is 5.92. The van der Waals surface area contributed by atoms with E-state index in [4.69, 9.17) is 0 Å². The fraction of sp³-hybridized carbons (Fsp3) is 0.739. The van der Waals surface area contributed by atoms with Gasteiger partial charge in [-0.25, -0.2) is 4.98 Å². The molecule has 1 saturated carbocycles. The third-order valence-electron chi connectivity index (χ3n) is 7.15. The number of carbonyl (C=O) groups excluding carboxylic acids is 1. The maximum Gasteiger partial charge on any atom is 0.272 e. The van der Waals surface area contributed by atoms with Gasteiger partial charge in [-0.2, -0.15) is 0 Å². The maximum atomic E-state index is 12.9. The minimum atomic E-state index is 0.120. The molecule has 2 saturated heterocycles. The standard InChI is InChI=1S/C23H35N3O/c1-19-7-5-10-21(24-19)22(27)26-16-13-23(18-26)12-6-14-25(17-23)15-11-20-8-3-2-4-9-20/h5,7,10,20H,2-4,6,8-9,11-18H2,1H3/t23-/m1/s1. The van der Waals surface area contributed by atoms with Crippen LogP contribution in [0.5, 0.6) is 0 Å². The van der Waals surface area contributed by atoms with E-state index < -0.39 is 0 Å². The lowest BCUT2D eigenvalue weighted by Crippen LogP contribution is -2.46. The second kappa shape index (κ2) is 8.30. The van der Waals surface area contributed by atoms with Crippen molar-refractivity contribution in [1.82, 2.24) is 14.8 Å². The van der Waals surface area contributed by atoms with Gasteiger partial charge in [0.25, 0.3) is 5.91 Å². The van der Waals surface area contributed by atoms with Crippen LogP contribution in [-0.2, 0) is 0 Å². The molecule has 2 aliphatic heterocycles. The molecule has 1 amide bonds. The number of amides is 1. The van der Waals surface area contributed by atoms with E-state index in [-0.39, 0.29) is 5.91 Å². The number of carbonyl (C=O) groups is 1. The molecule has 3 fully saturated rings. The average molecular weight is 370 g/mol. The van der Waals surface area contributed by atoms with Crippen molar-refractivity contribution in [1.29, 1.82) is 0 Å². The van der Waals surface area contributed by atoms with E-state index in [0.717, 1.165) is 31.1 Å². The summed E-state index contributed by atoms with van der Waals surface area (Å²) in [6.07, 6.45) is 12.3. The van der Waals surface area contributed by atoms with Gasteiger partial charge in [-0.15, -0.1) is 0 Å². The molecule has 0 N–H and O–H groups in total. The Balaban J connectivity index is 1.32. The number of nitrogens with zero attached hydrogens (tertiary/aromatic N) is 3. The van der Waals surface area contributed by atoms with Crippen molar-refractivity contribution in [3.8, 4) is 0 Å². The highest BCUT2D eigenvalue weighted by atomic mass is 16.2. The first kappa shape index (κ1) is 18.9. The fourth-order valence-electron chi connectivity index (χ4n) is 5.61. The summed E-state index contributed by atoms with van der Waals surface area (Å²) in [5, 5.41) is 0. The Morgan fingerprint density at radius 1 is 1.11 bits per heavy atom. The number of aryl methyl sites for hydroxylation is 1. The zero-order chi connectivity index (χ0) is 18.7. The maximum absolute atomic E-state index is 12.9. The Bertz CT molecular complexity index is 655. The summed E-state index contributed by atoms with van der Waals surface area (Å²) < 4.78 is 0. The number of hydrogen-bond donors (Lipinski definition) is 0. The van der Waals surface area contributed by atoms with Gasteiger partial charge in [-0.3, -0.25) is 4.79 Å². The second-order valence-electron chi connectivity index (χ2n) is 9.31. The molecular weight excluding hydrogens is 334 g/mol. The van der Waals surface area contributed by atoms with Gasteiger partial charge >= 0.3 is 0 Å². The second-order valence-corrected chi connectivity index (χ2v) is 9.31. The van der Waals surface area contributed by atoms with E-state index in [0.29, 0.717) is 11.1 Å². The van der Waals surface area contributed by atoms with Crippen LogP contribution in [0.2, 0.25) is 0 Å². The van der Waals surface area contributed by atoms with Crippen LogP contribution in [-0.4, -0.2) is 53.4 Å². The monoisotopic (exact) mass is 369 g/mol. The van der Waals surface area contributed by atoms with E-state index >= 15 is 0 Å². The molecule has 4 nitrogen and oxygen atoms in total. The fourth-order valence-corrected chi connectivity index (χ4v) is 5.61. The van der Waals surface area contributed by atoms with Crippen molar-refractivity contribution < 1.29 is 4.79 Å². The lowest BCUT2D eigenvalue weighted by molar-refractivity contribution is 0.0670. The normalized spacial score (nSPS) is 27.4. The first-order valence-electron chi connectivity index (χ1n) is 11.1. The zero-order valence-electron chi connectivity index (χ0n) is 17.0. The van der Waals surface area contributed by atoms with Crippen LogP contribution in [0, 0.1) is 18.3 Å². The Labute approximate surface area is 164 Å². The van der Waals surface area contributed by atoms with Gasteiger partial charge in [-0.1, -0.05) is 38.2 Å². The van der Waals surface area contributed by atoms with Gasteiger partial charge in [0.1, 0.15) is 5.69 Å². The number of hydrogen-bond acceptors (Lipinski definition) is 3. The summed E-state index contributed by atoms with van der Waals surface area (Å²) in [5.41, 5.74) is 1.85. The Morgan fingerprint density at radius 3 is 2.78 bits per heavy atom. The lowest BCUT2D eigenvalue weighted by Gasteiger charge is -2.41. The van der Waals surface area contributed by atoms with Crippen molar-refractivity contribution >= 4 is 5.91 Å². The van der Waals surface area contributed by atoms with E-state index in [1.54, 1.807) is 0 Å². The average Bonchev–Trinajstić information content (AvgIpc) is 3.10. The molecule has 27 heavy (non-hydrogen) atoms. The largest absolute Gasteiger partial charge is 0.337 e. The number of piperidine rings is 1. The molecule has 1 aromatic rings. The predicted octanol–water partition coefficient (Wildman–Crippen LogP) is 4.29. The third kappa shape index (κ3) is 4.53. The van der Waals surface area contributed by atoms with E-state index in [2.05, 4.69) is 14.8 Å². The van der Waals surface area contributed by atoms with Crippen LogP contribution in [0.4, 0.5) is 0 Å². The van der Waals surface area contributed by atoms with Gasteiger partial charge < -0.3 is 9.80 Å². The summed E-state index contributed by atoms with van der Waals surface area (Å²) in [6, 6.07) is 5.75. The summed E-state index contributed by atoms with van der Waals surface area (Å²) in [4.78, 5) is 22.1. The molecule has 4 heteroatoms. The Morgan fingerprint density at radius 2 is 1.96 bits per heavy atom. The third-order valence-corrected chi connectivity index (χ3v) is 7.15. The smallest absolute Gasteiger partial charge is 0.272 e. The molecule has 1 aliphatic carbocycles. The van der Waals surface area contributed by atoms with Crippen molar-refractivity contribution in [2.45, 2.75) is 64.7 Å². The molecule has 3 heterocycles. The molecule has 0 radical (unpaired) electrons. The molecule has 0 bridgehead atoms. The summed E-state index contributed by atoms with van der Waals surface area (Å²) >= 11 is 0. The van der Waals surface area contributed by atoms with Crippen LogP contribution < -0.4 is 0 Å². The highest BCUT2D eigenvalue weighted by Gasteiger charge is 2.43. The van der Waals surface area contributed by atoms with Crippen LogP contribution in [0.25, 0.3) is 0 Å². The van der Waals surface area contributed by atoms with E-state index in [1.807, 2.05) is 25.1 Å². The van der Waals surface area contributed by atoms with Crippen molar-refractivity contribution in [2.24, 2.45) is 11.3 Å². The van der Waals surface area contributed by atoms with Crippen molar-refractivity contribution in [3.63, 3.8) is 0 Å². The molecular formula is C23H35N3O. The number of pyridine rings is 1. The first-order chi connectivity index (χ1) is 13.1. The van der Waals surface area contributed by atoms with Crippen molar-refractivity contribution in [2.75, 3.05) is 32.7 Å². The van der Waals surface area contributed by atoms with Gasteiger partial charge in [0.15, 0.2) is 0 Å². The molecule has 3 aliphatic rings. The van der Waals surface area contributed by atoms with Crippen molar-refractivity contribution in [3.05, 3.63) is 29.6 Å². The molecule has 0 unspecified atom stereocenters. The van der Waals surface area contributed by atoms with Crippen LogP contribution >= 0.6 is 0 Å². The zero-order valence-corrected chi connectivity index (χ0v) is 17.0. The number of aromatic nitrogens is 1. The molecule has 1 spiro atoms. The quantitative estimate of drug-likeness (QED) is 0.794. The molecule has 1 aromatic heterocycles. The van der Waals surface area contributed by atoms with Gasteiger partial charge in [0.2, 0.25) is 0 Å². The topological polar surface area (TPSA) is 36.4 Å². The van der Waals surface area contributed by atoms with Crippen LogP contribution in [0.1, 0.15) is 74.0 Å². The number of likely N-dealkylation sites (tertiary alicyclic amines) is 2. The lowest BCUT2D eigenvalue weighted by atomic mass is 9.79. The Hall–Kier alpha value is -1.42. The first-order valence-corrected chi connectivity index (χ1v) is 11.1. The molecule has 148 valence electrons. The molecule has 4 rings (SSSR count). The van der Waals surface area contributed by atoms with Gasteiger partial charge in [-0.05, 0) is 63.7 Å². The summed E-state index contributed by atoms with van der Waals surface area (Å²) in [7, 11) is 0. The minimum Gasteiger partial charge on any atom is -0.337 e. The summed E-state index contributed by atoms with van der Waals surface area (Å²) in [5.74, 6) is 1.08. The molecule has 1 atom stereocenters. The summed E-state index contributed by atoms with van der Waals surface area (Å²) in [6.45, 7) is 7.46. The molecule has 0 aromatic carbocycles. The SMILES string of the molecule is Cc1cccc(C(=O)N2CC[C@@]3(CCCN(CCC4CCCCC4)C3)C2)n1. The van der Waals surface area contributed by atoms with Crippen LogP contribution in [0.15, 0.2) is 18.2 Å². The highest BCUT2D eigenvalue weighted by Crippen LogP contribution is 2.39. The Kier molecular flexibility index (Phi) is 5.82.